The molecule has 10 nitrogen and oxygen atoms in total. The van der Waals surface area contributed by atoms with Gasteiger partial charge in [-0.1, -0.05) is 190 Å². The van der Waals surface area contributed by atoms with E-state index in [4.69, 9.17) is 18.9 Å². The van der Waals surface area contributed by atoms with Crippen molar-refractivity contribution in [2.45, 2.75) is 245 Å². The van der Waals surface area contributed by atoms with Crippen LogP contribution < -0.4 is 10.2 Å². The molecule has 0 bridgehead atoms. The minimum Gasteiger partial charge on any atom is -0.547 e. The number of esters is 2. The maximum absolute atomic E-state index is 11.4. The van der Waals surface area contributed by atoms with Gasteiger partial charge in [0.2, 0.25) is 0 Å². The molecule has 2 aromatic carbocycles. The number of ether oxygens (including phenoxy) is 4. The molecule has 0 amide bonds. The van der Waals surface area contributed by atoms with Crippen LogP contribution in [0.25, 0.3) is 0 Å². The predicted octanol–water partition coefficient (Wildman–Crippen LogP) is 11.1. The largest absolute Gasteiger partial charge is 2.00 e. The Bertz CT molecular complexity index is 1320. The Kier molecular flexibility index (Phi) is 42.8. The van der Waals surface area contributed by atoms with Gasteiger partial charge in [0.15, 0.2) is 0 Å². The molecule has 0 aliphatic rings. The van der Waals surface area contributed by atoms with Gasteiger partial charge in [0.05, 0.1) is 37.4 Å². The Morgan fingerprint density at radius 1 is 0.415 bits per heavy atom. The molecule has 0 spiro atoms. The van der Waals surface area contributed by atoms with E-state index in [1.165, 1.54) is 117 Å². The van der Waals surface area contributed by atoms with Crippen LogP contribution >= 0.6 is 0 Å². The van der Waals surface area contributed by atoms with Crippen LogP contribution in [-0.2, 0) is 51.3 Å². The fourth-order valence-corrected chi connectivity index (χ4v) is 7.84. The molecule has 11 heteroatoms. The maximum Gasteiger partial charge on any atom is 2.00 e. The quantitative estimate of drug-likeness (QED) is 0.0358. The molecule has 0 radical (unpaired) electrons. The van der Waals surface area contributed by atoms with Crippen molar-refractivity contribution in [3.05, 3.63) is 71.8 Å². The van der Waals surface area contributed by atoms with Crippen molar-refractivity contribution < 1.29 is 48.3 Å². The summed E-state index contributed by atoms with van der Waals surface area (Å²) in [4.78, 5) is 45.7. The zero-order valence-corrected chi connectivity index (χ0v) is 45.5. The fourth-order valence-electron chi connectivity index (χ4n) is 7.84. The first kappa shape index (κ1) is 62.8. The number of hydrogen-bond acceptors (Lipinski definition) is 10. The van der Waals surface area contributed by atoms with Crippen molar-refractivity contribution in [3.63, 3.8) is 0 Å². The molecule has 364 valence electrons. The second kappa shape index (κ2) is 44.3. The van der Waals surface area contributed by atoms with Gasteiger partial charge in [0.1, 0.15) is 12.2 Å². The van der Waals surface area contributed by atoms with Gasteiger partial charge in [-0.25, -0.2) is 0 Å². The first-order valence-electron chi connectivity index (χ1n) is 25.1. The van der Waals surface area contributed by atoms with E-state index in [1.54, 1.807) is 0 Å². The molecule has 2 aromatic rings. The van der Waals surface area contributed by atoms with Crippen LogP contribution in [0.1, 0.15) is 219 Å². The second-order valence-corrected chi connectivity index (χ2v) is 17.5. The number of carbonyl (C=O) groups excluding carboxylic acids is 4. The Balaban J connectivity index is 0.00000124. The molecule has 0 saturated heterocycles. The van der Waals surface area contributed by atoms with Crippen LogP contribution in [0.2, 0.25) is 0 Å². The van der Waals surface area contributed by atoms with Crippen LogP contribution in [0.5, 0.6) is 0 Å². The zero-order valence-electron chi connectivity index (χ0n) is 41.1. The number of benzene rings is 2. The summed E-state index contributed by atoms with van der Waals surface area (Å²) in [6.07, 6.45) is 27.9. The van der Waals surface area contributed by atoms with Crippen molar-refractivity contribution in [1.29, 1.82) is 0 Å². The van der Waals surface area contributed by atoms with Gasteiger partial charge in [0, 0.05) is 13.8 Å². The van der Waals surface area contributed by atoms with E-state index in [2.05, 4.69) is 13.8 Å². The van der Waals surface area contributed by atoms with Gasteiger partial charge < -0.3 is 38.7 Å². The number of carboxylic acid groups (broad SMARTS) is 2. The monoisotopic (exact) mass is 1030 g/mol. The third kappa shape index (κ3) is 38.5. The minimum atomic E-state index is -1.17. The normalized spacial score (nSPS) is 12.7. The molecule has 0 aliphatic carbocycles. The Morgan fingerprint density at radius 3 is 0.954 bits per heavy atom. The summed E-state index contributed by atoms with van der Waals surface area (Å²) in [6, 6.07) is 19.0. The molecule has 2 rings (SSSR count). The summed E-state index contributed by atoms with van der Waals surface area (Å²) in [6.45, 7) is 7.89. The van der Waals surface area contributed by atoms with E-state index >= 15 is 0 Å². The van der Waals surface area contributed by atoms with Gasteiger partial charge in [-0.2, -0.15) is 0 Å². The standard InChI is InChI=1S/2C27H44O5.Ba/c2*1-3-4-5-6-7-8-9-10-14-19-25(32-23(2)28)20-15-16-21-26(27(29)30)31-22-24-17-12-11-13-18-24;/h2*11-13,17-18,25-26H,3-10,14-16,19-22H2,1-2H3,(H,29,30);/q;;+2/p-2. The second-order valence-electron chi connectivity index (χ2n) is 17.5. The average Bonchev–Trinajstić information content (AvgIpc) is 3.27. The number of carboxylic acids is 2. The number of hydrogen-bond donors (Lipinski definition) is 0. The SMILES string of the molecule is CCCCCCCCCCCC(CCCCC(OCc1ccccc1)C(=O)[O-])OC(C)=O.CCCCCCCCCCCC(CCCCC(OCc1ccccc1)C(=O)[O-])OC(C)=O.[Ba+2]. The summed E-state index contributed by atoms with van der Waals surface area (Å²) < 4.78 is 22.1. The summed E-state index contributed by atoms with van der Waals surface area (Å²) in [5, 5.41) is 22.8. The molecule has 0 fully saturated rings. The molecule has 0 heterocycles. The van der Waals surface area contributed by atoms with Gasteiger partial charge in [-0.3, -0.25) is 9.59 Å². The van der Waals surface area contributed by atoms with Gasteiger partial charge in [-0.05, 0) is 75.3 Å². The van der Waals surface area contributed by atoms with Gasteiger partial charge >= 0.3 is 60.8 Å². The van der Waals surface area contributed by atoms with Crippen molar-refractivity contribution in [3.8, 4) is 0 Å². The number of carbonyl (C=O) groups is 4. The summed E-state index contributed by atoms with van der Waals surface area (Å²) in [5.41, 5.74) is 1.88. The smallest absolute Gasteiger partial charge is 0.547 e. The van der Waals surface area contributed by atoms with E-state index in [0.717, 1.165) is 62.5 Å². The molecule has 0 saturated carbocycles. The number of rotatable bonds is 40. The molecular weight excluding hydrogens is 946 g/mol. The maximum atomic E-state index is 11.4. The third-order valence-electron chi connectivity index (χ3n) is 11.5. The minimum absolute atomic E-state index is 0. The van der Waals surface area contributed by atoms with E-state index in [-0.39, 0.29) is 86.2 Å². The fraction of sp³-hybridized carbons (Fsp3) is 0.704. The van der Waals surface area contributed by atoms with Crippen LogP contribution in [0, 0.1) is 0 Å². The Hall–Kier alpha value is -2.19. The van der Waals surface area contributed by atoms with Crippen LogP contribution in [0.3, 0.4) is 0 Å². The van der Waals surface area contributed by atoms with Crippen molar-refractivity contribution in [2.75, 3.05) is 0 Å². The van der Waals surface area contributed by atoms with E-state index in [0.29, 0.717) is 25.7 Å². The Labute approximate surface area is 434 Å². The van der Waals surface area contributed by atoms with Crippen LogP contribution in [0.15, 0.2) is 60.7 Å². The molecular formula is C54H86BaO10. The molecule has 65 heavy (non-hydrogen) atoms. The van der Waals surface area contributed by atoms with Crippen LogP contribution in [-0.4, -0.2) is 97.2 Å². The van der Waals surface area contributed by atoms with Crippen LogP contribution in [0.4, 0.5) is 0 Å². The van der Waals surface area contributed by atoms with Crippen molar-refractivity contribution in [1.82, 2.24) is 0 Å². The first-order valence-corrected chi connectivity index (χ1v) is 25.1. The topological polar surface area (TPSA) is 151 Å². The zero-order chi connectivity index (χ0) is 46.9. The van der Waals surface area contributed by atoms with E-state index in [9.17, 15) is 29.4 Å². The predicted molar refractivity (Wildman–Crippen MR) is 258 cm³/mol. The van der Waals surface area contributed by atoms with Gasteiger partial charge in [0.25, 0.3) is 0 Å². The number of unbranched alkanes of at least 4 members (excludes halogenated alkanes) is 18. The molecule has 0 aromatic heterocycles. The average molecular weight is 1030 g/mol. The van der Waals surface area contributed by atoms with E-state index < -0.39 is 24.1 Å². The Morgan fingerprint density at radius 2 is 0.677 bits per heavy atom. The molecule has 0 N–H and O–H groups in total. The summed E-state index contributed by atoms with van der Waals surface area (Å²) >= 11 is 0. The van der Waals surface area contributed by atoms with Gasteiger partial charge in [-0.15, -0.1) is 0 Å². The summed E-state index contributed by atoms with van der Waals surface area (Å²) in [7, 11) is 0. The molecule has 4 unspecified atom stereocenters. The first-order chi connectivity index (χ1) is 31.0. The molecule has 4 atom stereocenters. The van der Waals surface area contributed by atoms with Crippen molar-refractivity contribution >= 4 is 72.8 Å². The molecule has 0 aliphatic heterocycles. The van der Waals surface area contributed by atoms with Crippen molar-refractivity contribution in [2.24, 2.45) is 0 Å². The van der Waals surface area contributed by atoms with E-state index in [1.807, 2.05) is 60.7 Å². The third-order valence-corrected chi connectivity index (χ3v) is 11.5. The number of aliphatic carboxylic acids is 2. The summed E-state index contributed by atoms with van der Waals surface area (Å²) in [5.74, 6) is -2.84.